The lowest BCUT2D eigenvalue weighted by Gasteiger charge is -2.45. The number of hydrogen-bond acceptors (Lipinski definition) is 7. The molecular formula is C26H36O7. The summed E-state index contributed by atoms with van der Waals surface area (Å²) in [4.78, 5) is 25.0. The Morgan fingerprint density at radius 2 is 1.45 bits per heavy atom. The predicted molar refractivity (Wildman–Crippen MR) is 123 cm³/mol. The van der Waals surface area contributed by atoms with Crippen LogP contribution in [0.15, 0.2) is 42.5 Å². The Labute approximate surface area is 196 Å². The molecule has 1 aromatic carbocycles. The summed E-state index contributed by atoms with van der Waals surface area (Å²) in [6.45, 7) is -0.0175. The molecule has 1 saturated heterocycles. The van der Waals surface area contributed by atoms with E-state index in [0.29, 0.717) is 12.8 Å². The lowest BCUT2D eigenvalue weighted by Crippen LogP contribution is -2.58. The Hall–Kier alpha value is -2.22. The Kier molecular flexibility index (Phi) is 10.4. The van der Waals surface area contributed by atoms with Crippen molar-refractivity contribution in [2.75, 3.05) is 20.8 Å². The molecule has 0 saturated carbocycles. The summed E-state index contributed by atoms with van der Waals surface area (Å²) in [5.41, 5.74) is 0.915. The van der Waals surface area contributed by atoms with Crippen LogP contribution >= 0.6 is 0 Å². The van der Waals surface area contributed by atoms with Crippen LogP contribution < -0.4 is 0 Å². The fourth-order valence-corrected chi connectivity index (χ4v) is 4.38. The van der Waals surface area contributed by atoms with Gasteiger partial charge in [-0.15, -0.1) is 0 Å². The average molecular weight is 461 g/mol. The predicted octanol–water partition coefficient (Wildman–Crippen LogP) is 4.30. The van der Waals surface area contributed by atoms with Crippen molar-refractivity contribution < 1.29 is 33.3 Å². The van der Waals surface area contributed by atoms with Crippen molar-refractivity contribution in [2.24, 2.45) is 0 Å². The molecule has 182 valence electrons. The van der Waals surface area contributed by atoms with Crippen LogP contribution in [0.25, 0.3) is 0 Å². The van der Waals surface area contributed by atoms with Crippen molar-refractivity contribution in [1.82, 2.24) is 0 Å². The number of benzene rings is 1. The molecule has 2 heterocycles. The van der Waals surface area contributed by atoms with E-state index in [9.17, 15) is 9.59 Å². The molecule has 5 atom stereocenters. The molecule has 0 spiro atoms. The van der Waals surface area contributed by atoms with Gasteiger partial charge in [0.15, 0.2) is 6.10 Å². The van der Waals surface area contributed by atoms with E-state index in [-0.39, 0.29) is 18.5 Å². The third-order valence-electron chi connectivity index (χ3n) is 6.15. The van der Waals surface area contributed by atoms with E-state index < -0.39 is 30.5 Å². The van der Waals surface area contributed by atoms with E-state index in [0.717, 1.165) is 44.1 Å². The highest BCUT2D eigenvalue weighted by Gasteiger charge is 2.49. The summed E-state index contributed by atoms with van der Waals surface area (Å²) < 4.78 is 29.3. The maximum Gasteiger partial charge on any atom is 0.306 e. The highest BCUT2D eigenvalue weighted by molar-refractivity contribution is 5.70. The van der Waals surface area contributed by atoms with E-state index in [1.54, 1.807) is 14.2 Å². The second-order valence-corrected chi connectivity index (χ2v) is 8.51. The van der Waals surface area contributed by atoms with Crippen molar-refractivity contribution in [3.8, 4) is 0 Å². The molecule has 0 aromatic heterocycles. The summed E-state index contributed by atoms with van der Waals surface area (Å²) in [6, 6.07) is 9.69. The van der Waals surface area contributed by atoms with Gasteiger partial charge in [-0.1, -0.05) is 42.5 Å². The standard InChI is InChI=1S/C26H36O7/c1-29-25-23(19-14-10-9-11-15-19)32-20-18-31-21(27)16-12-7-5-3-4-6-8-13-17-22(28)33-24(20)26(25)30-2/h3-4,9-11,14-15,20,23-26H,5-8,12-13,16-18H2,1-2H3/b4-3+/t20-,23-,24-,25-,26-/m0/s1. The van der Waals surface area contributed by atoms with Crippen molar-refractivity contribution in [2.45, 2.75) is 81.9 Å². The van der Waals surface area contributed by atoms with Gasteiger partial charge < -0.3 is 23.7 Å². The summed E-state index contributed by atoms with van der Waals surface area (Å²) in [6.07, 6.45) is 7.22. The number of esters is 2. The van der Waals surface area contributed by atoms with Gasteiger partial charge in [-0.3, -0.25) is 9.59 Å². The maximum absolute atomic E-state index is 12.7. The summed E-state index contributed by atoms with van der Waals surface area (Å²) in [5.74, 6) is -0.598. The van der Waals surface area contributed by atoms with Crippen molar-refractivity contribution >= 4 is 11.9 Å². The van der Waals surface area contributed by atoms with Gasteiger partial charge in [-0.2, -0.15) is 0 Å². The zero-order chi connectivity index (χ0) is 23.5. The molecule has 0 unspecified atom stereocenters. The molecule has 0 radical (unpaired) electrons. The maximum atomic E-state index is 12.7. The van der Waals surface area contributed by atoms with Crippen LogP contribution in [0.4, 0.5) is 0 Å². The minimum absolute atomic E-state index is 0.0175. The van der Waals surface area contributed by atoms with Gasteiger partial charge in [-0.25, -0.2) is 0 Å². The minimum Gasteiger partial charge on any atom is -0.463 e. The van der Waals surface area contributed by atoms with E-state index in [1.807, 2.05) is 30.3 Å². The van der Waals surface area contributed by atoms with E-state index in [1.165, 1.54) is 0 Å². The second kappa shape index (κ2) is 13.5. The first-order valence-corrected chi connectivity index (χ1v) is 11.9. The SMILES string of the molecule is CO[C@H]1[C@H]2OC(=O)CCCC/C=C/CCCCC(=O)OC[C@@H]2O[C@@H](c2ccccc2)[C@@H]1OC. The fourth-order valence-electron chi connectivity index (χ4n) is 4.38. The number of carbonyl (C=O) groups is 2. The second-order valence-electron chi connectivity index (χ2n) is 8.51. The van der Waals surface area contributed by atoms with E-state index >= 15 is 0 Å². The molecule has 0 bridgehead atoms. The first-order chi connectivity index (χ1) is 16.1. The number of rotatable bonds is 3. The van der Waals surface area contributed by atoms with Crippen LogP contribution in [-0.4, -0.2) is 57.2 Å². The molecule has 2 aliphatic heterocycles. The van der Waals surface area contributed by atoms with Gasteiger partial charge in [0.25, 0.3) is 0 Å². The molecule has 0 N–H and O–H groups in total. The Morgan fingerprint density at radius 1 is 0.818 bits per heavy atom. The zero-order valence-electron chi connectivity index (χ0n) is 19.6. The van der Waals surface area contributed by atoms with Crippen LogP contribution in [0, 0.1) is 0 Å². The summed E-state index contributed by atoms with van der Waals surface area (Å²) in [5, 5.41) is 0. The van der Waals surface area contributed by atoms with Gasteiger partial charge >= 0.3 is 11.9 Å². The molecule has 0 aliphatic carbocycles. The van der Waals surface area contributed by atoms with Gasteiger partial charge in [0.05, 0.1) is 0 Å². The largest absolute Gasteiger partial charge is 0.463 e. The van der Waals surface area contributed by atoms with Crippen molar-refractivity contribution in [3.05, 3.63) is 48.0 Å². The van der Waals surface area contributed by atoms with Crippen LogP contribution in [0.2, 0.25) is 0 Å². The van der Waals surface area contributed by atoms with E-state index in [4.69, 9.17) is 23.7 Å². The lowest BCUT2D eigenvalue weighted by molar-refractivity contribution is -0.253. The topological polar surface area (TPSA) is 80.3 Å². The highest BCUT2D eigenvalue weighted by Crippen LogP contribution is 2.37. The van der Waals surface area contributed by atoms with Gasteiger partial charge in [0, 0.05) is 27.1 Å². The molecule has 33 heavy (non-hydrogen) atoms. The summed E-state index contributed by atoms with van der Waals surface area (Å²) >= 11 is 0. The highest BCUT2D eigenvalue weighted by atomic mass is 16.6. The third-order valence-corrected chi connectivity index (χ3v) is 6.15. The van der Waals surface area contributed by atoms with Crippen LogP contribution in [0.1, 0.15) is 63.0 Å². The number of fused-ring (bicyclic) bond motifs is 1. The fraction of sp³-hybridized carbons (Fsp3) is 0.615. The van der Waals surface area contributed by atoms with Gasteiger partial charge in [0.2, 0.25) is 0 Å². The van der Waals surface area contributed by atoms with Gasteiger partial charge in [-0.05, 0) is 44.1 Å². The number of cyclic esters (lactones) is 1. The average Bonchev–Trinajstić information content (AvgIpc) is 2.84. The van der Waals surface area contributed by atoms with Crippen molar-refractivity contribution in [3.63, 3.8) is 0 Å². The minimum atomic E-state index is -0.754. The zero-order valence-corrected chi connectivity index (χ0v) is 19.6. The quantitative estimate of drug-likeness (QED) is 0.491. The first kappa shape index (κ1) is 25.4. The Morgan fingerprint density at radius 3 is 2.09 bits per heavy atom. The number of ether oxygens (including phenoxy) is 5. The molecule has 1 fully saturated rings. The Balaban J connectivity index is 1.81. The monoisotopic (exact) mass is 460 g/mol. The van der Waals surface area contributed by atoms with Gasteiger partial charge in [0.1, 0.15) is 31.0 Å². The van der Waals surface area contributed by atoms with Crippen LogP contribution in [0.3, 0.4) is 0 Å². The molecule has 3 rings (SSSR count). The molecule has 7 heteroatoms. The number of hydrogen-bond donors (Lipinski definition) is 0. The smallest absolute Gasteiger partial charge is 0.306 e. The molecule has 1 aromatic rings. The molecule has 7 nitrogen and oxygen atoms in total. The summed E-state index contributed by atoms with van der Waals surface area (Å²) in [7, 11) is 3.15. The van der Waals surface area contributed by atoms with Crippen LogP contribution in [-0.2, 0) is 33.3 Å². The van der Waals surface area contributed by atoms with Crippen molar-refractivity contribution in [1.29, 1.82) is 0 Å². The van der Waals surface area contributed by atoms with E-state index in [2.05, 4.69) is 12.2 Å². The molecule has 0 amide bonds. The number of carbonyl (C=O) groups excluding carboxylic acids is 2. The lowest BCUT2D eigenvalue weighted by atomic mass is 9.90. The Bertz CT molecular complexity index is 763. The third kappa shape index (κ3) is 7.39. The molecular weight excluding hydrogens is 424 g/mol. The normalized spacial score (nSPS) is 31.5. The number of methoxy groups -OCH3 is 2. The number of allylic oxidation sites excluding steroid dienone is 2. The molecule has 2 aliphatic rings. The first-order valence-electron chi connectivity index (χ1n) is 11.9. The van der Waals surface area contributed by atoms with Crippen LogP contribution in [0.5, 0.6) is 0 Å².